The summed E-state index contributed by atoms with van der Waals surface area (Å²) in [4.78, 5) is 18.1. The van der Waals surface area contributed by atoms with Crippen LogP contribution in [-0.2, 0) is 24.4 Å². The fourth-order valence-electron chi connectivity index (χ4n) is 5.49. The molecule has 0 amide bonds. The molecular formula is C34H33ClN2O3S. The molecule has 0 aliphatic carbocycles. The van der Waals surface area contributed by atoms with E-state index in [1.165, 1.54) is 0 Å². The SMILES string of the molecule is CC(C)(C)Sc1c(CC(C)(C)C(=O)O)n2c3c(cc(OCc4ccc5ccccc5n4)cc13)-c1cc(Cl)ccc1C2. The van der Waals surface area contributed by atoms with Crippen LogP contribution in [0.1, 0.15) is 51.6 Å². The van der Waals surface area contributed by atoms with Gasteiger partial charge in [-0.25, -0.2) is 4.98 Å². The minimum atomic E-state index is -0.928. The number of hydrogen-bond acceptors (Lipinski definition) is 4. The summed E-state index contributed by atoms with van der Waals surface area (Å²) in [5.41, 5.74) is 6.28. The first-order chi connectivity index (χ1) is 19.4. The van der Waals surface area contributed by atoms with Crippen LogP contribution < -0.4 is 4.74 Å². The van der Waals surface area contributed by atoms with E-state index in [4.69, 9.17) is 21.3 Å². The molecule has 0 atom stereocenters. The van der Waals surface area contributed by atoms with Gasteiger partial charge in [0.15, 0.2) is 0 Å². The Morgan fingerprint density at radius 1 is 1.02 bits per heavy atom. The van der Waals surface area contributed by atoms with Gasteiger partial charge in [-0.05, 0) is 61.4 Å². The summed E-state index contributed by atoms with van der Waals surface area (Å²) in [6, 6.07) is 22.3. The molecule has 210 valence electrons. The minimum absolute atomic E-state index is 0.0858. The number of aromatic nitrogens is 2. The van der Waals surface area contributed by atoms with Crippen molar-refractivity contribution in [2.45, 2.75) is 63.8 Å². The van der Waals surface area contributed by atoms with E-state index in [0.29, 0.717) is 24.6 Å². The van der Waals surface area contributed by atoms with Gasteiger partial charge in [-0.2, -0.15) is 0 Å². The third-order valence-corrected chi connectivity index (χ3v) is 9.02. The highest BCUT2D eigenvalue weighted by Crippen LogP contribution is 2.49. The van der Waals surface area contributed by atoms with Crippen LogP contribution in [0, 0.1) is 5.41 Å². The van der Waals surface area contributed by atoms with Gasteiger partial charge < -0.3 is 14.4 Å². The first kappa shape index (κ1) is 27.7. The van der Waals surface area contributed by atoms with E-state index < -0.39 is 11.4 Å². The van der Waals surface area contributed by atoms with E-state index in [1.54, 1.807) is 25.6 Å². The van der Waals surface area contributed by atoms with Crippen LogP contribution in [0.5, 0.6) is 5.75 Å². The Morgan fingerprint density at radius 2 is 1.80 bits per heavy atom. The fourth-order valence-corrected chi connectivity index (χ4v) is 6.84. The van der Waals surface area contributed by atoms with Crippen molar-refractivity contribution >= 4 is 51.1 Å². The number of aliphatic carboxylic acids is 1. The molecule has 0 radical (unpaired) electrons. The molecule has 0 unspecified atom stereocenters. The summed E-state index contributed by atoms with van der Waals surface area (Å²) in [6.45, 7) is 11.2. The Kier molecular flexibility index (Phi) is 6.82. The summed E-state index contributed by atoms with van der Waals surface area (Å²) in [7, 11) is 0. The van der Waals surface area contributed by atoms with Crippen LogP contribution in [0.3, 0.4) is 0 Å². The van der Waals surface area contributed by atoms with E-state index in [9.17, 15) is 9.90 Å². The highest BCUT2D eigenvalue weighted by Gasteiger charge is 2.35. The molecule has 0 fully saturated rings. The van der Waals surface area contributed by atoms with E-state index in [2.05, 4.69) is 55.7 Å². The van der Waals surface area contributed by atoms with Crippen LogP contribution in [0.2, 0.25) is 5.02 Å². The summed E-state index contributed by atoms with van der Waals surface area (Å²) in [5.74, 6) is -0.0652. The minimum Gasteiger partial charge on any atom is -0.487 e. The van der Waals surface area contributed by atoms with Crippen molar-refractivity contribution in [1.82, 2.24) is 9.55 Å². The second kappa shape index (κ2) is 10.1. The number of carbonyl (C=O) groups is 1. The summed E-state index contributed by atoms with van der Waals surface area (Å²) in [6.07, 6.45) is 0.412. The second-order valence-corrected chi connectivity index (χ2v) is 14.7. The lowest BCUT2D eigenvalue weighted by Gasteiger charge is -2.26. The fraction of sp³-hybridized carbons (Fsp3) is 0.294. The van der Waals surface area contributed by atoms with Crippen LogP contribution in [0.15, 0.2) is 71.6 Å². The smallest absolute Gasteiger partial charge is 0.309 e. The largest absolute Gasteiger partial charge is 0.487 e. The first-order valence-electron chi connectivity index (χ1n) is 13.8. The van der Waals surface area contributed by atoms with Gasteiger partial charge in [0.05, 0.1) is 22.1 Å². The van der Waals surface area contributed by atoms with Crippen molar-refractivity contribution in [2.24, 2.45) is 5.41 Å². The quantitative estimate of drug-likeness (QED) is 0.190. The van der Waals surface area contributed by atoms with Crippen molar-refractivity contribution in [2.75, 3.05) is 0 Å². The molecule has 3 heterocycles. The van der Waals surface area contributed by atoms with Gasteiger partial charge in [0.25, 0.3) is 0 Å². The van der Waals surface area contributed by atoms with Gasteiger partial charge in [0.2, 0.25) is 0 Å². The molecule has 0 saturated carbocycles. The van der Waals surface area contributed by atoms with Gasteiger partial charge in [-0.1, -0.05) is 62.7 Å². The number of para-hydroxylation sites is 1. The Hall–Kier alpha value is -3.48. The Labute approximate surface area is 249 Å². The standard InChI is InChI=1S/C34H33ClN2O3S/c1-33(2,3)41-31-27-16-24(40-19-23-13-11-20-8-6-7-9-28(20)36-23)15-26-25-14-22(35)12-10-21(25)18-37(30(26)27)29(31)17-34(4,5)32(38)39/h6-16H,17-19H2,1-5H3,(H,38,39). The molecule has 0 saturated heterocycles. The van der Waals surface area contributed by atoms with Gasteiger partial charge >= 0.3 is 5.97 Å². The van der Waals surface area contributed by atoms with E-state index >= 15 is 0 Å². The summed E-state index contributed by atoms with van der Waals surface area (Å²) in [5, 5.41) is 12.9. The van der Waals surface area contributed by atoms with Crippen molar-refractivity contribution in [3.63, 3.8) is 0 Å². The molecule has 1 aliphatic heterocycles. The molecule has 2 aromatic heterocycles. The average molecular weight is 585 g/mol. The highest BCUT2D eigenvalue weighted by molar-refractivity contribution is 8.00. The number of thioether (sulfide) groups is 1. The average Bonchev–Trinajstić information content (AvgIpc) is 3.18. The molecule has 5 nitrogen and oxygen atoms in total. The molecule has 0 spiro atoms. The molecule has 3 aromatic carbocycles. The summed E-state index contributed by atoms with van der Waals surface area (Å²) < 4.78 is 8.65. The maximum Gasteiger partial charge on any atom is 0.309 e. The van der Waals surface area contributed by atoms with Gasteiger partial charge in [-0.3, -0.25) is 4.79 Å². The molecule has 0 bridgehead atoms. The van der Waals surface area contributed by atoms with Crippen molar-refractivity contribution in [3.05, 3.63) is 88.7 Å². The number of pyridine rings is 1. The van der Waals surface area contributed by atoms with Gasteiger partial charge in [0.1, 0.15) is 12.4 Å². The number of halogens is 1. The summed E-state index contributed by atoms with van der Waals surface area (Å²) >= 11 is 8.28. The Morgan fingerprint density at radius 3 is 2.56 bits per heavy atom. The normalized spacial score (nSPS) is 13.0. The highest BCUT2D eigenvalue weighted by atomic mass is 35.5. The second-order valence-electron chi connectivity index (χ2n) is 12.4. The van der Waals surface area contributed by atoms with Crippen LogP contribution in [0.4, 0.5) is 0 Å². The lowest BCUT2D eigenvalue weighted by atomic mass is 9.88. The predicted octanol–water partition coefficient (Wildman–Crippen LogP) is 8.99. The van der Waals surface area contributed by atoms with E-state index in [-0.39, 0.29) is 4.75 Å². The number of fused-ring (bicyclic) bond motifs is 3. The van der Waals surface area contributed by atoms with Crippen molar-refractivity contribution in [1.29, 1.82) is 0 Å². The number of carboxylic acids is 1. The zero-order chi connectivity index (χ0) is 29.1. The number of carboxylic acid groups (broad SMARTS) is 1. The first-order valence-corrected chi connectivity index (χ1v) is 15.0. The molecule has 1 aliphatic rings. The Balaban J connectivity index is 1.53. The Bertz CT molecular complexity index is 1830. The lowest BCUT2D eigenvalue weighted by Crippen LogP contribution is -2.28. The predicted molar refractivity (Wildman–Crippen MR) is 168 cm³/mol. The third kappa shape index (κ3) is 5.31. The van der Waals surface area contributed by atoms with Gasteiger partial charge in [-0.15, -0.1) is 11.8 Å². The molecule has 41 heavy (non-hydrogen) atoms. The molecule has 1 N–H and O–H groups in total. The number of ether oxygens (including phenoxy) is 1. The number of rotatable bonds is 7. The van der Waals surface area contributed by atoms with E-state index in [0.717, 1.165) is 60.5 Å². The number of nitrogens with zero attached hydrogens (tertiary/aromatic N) is 2. The van der Waals surface area contributed by atoms with Crippen molar-refractivity contribution < 1.29 is 14.6 Å². The molecule has 6 rings (SSSR count). The van der Waals surface area contributed by atoms with E-state index in [1.807, 2.05) is 36.4 Å². The molecule has 5 aromatic rings. The van der Waals surface area contributed by atoms with Crippen LogP contribution in [-0.4, -0.2) is 25.4 Å². The zero-order valence-corrected chi connectivity index (χ0v) is 25.5. The lowest BCUT2D eigenvalue weighted by molar-refractivity contribution is -0.146. The zero-order valence-electron chi connectivity index (χ0n) is 23.9. The topological polar surface area (TPSA) is 64.3 Å². The molecular weight excluding hydrogens is 552 g/mol. The molecule has 7 heteroatoms. The monoisotopic (exact) mass is 584 g/mol. The van der Waals surface area contributed by atoms with Gasteiger partial charge in [0, 0.05) is 49.7 Å². The maximum absolute atomic E-state index is 12.3. The van der Waals surface area contributed by atoms with Crippen LogP contribution >= 0.6 is 23.4 Å². The number of benzene rings is 3. The van der Waals surface area contributed by atoms with Crippen LogP contribution in [0.25, 0.3) is 32.9 Å². The maximum atomic E-state index is 12.3. The number of hydrogen-bond donors (Lipinski definition) is 1. The third-order valence-electron chi connectivity index (χ3n) is 7.52. The van der Waals surface area contributed by atoms with Crippen molar-refractivity contribution in [3.8, 4) is 16.9 Å².